The predicted octanol–water partition coefficient (Wildman–Crippen LogP) is 3.94. The number of benzene rings is 2. The standard InChI is InChI=1S/C19H16BrFN2O3/c1-10-14-9-12(20)6-7-15(14)26-17(10)19(25)23(2)16(18(22)24)11-4-3-5-13(21)8-11/h3-9,16H,1-2H3,(H2,22,24). The number of rotatable bonds is 4. The van der Waals surface area contributed by atoms with Gasteiger partial charge in [-0.3, -0.25) is 9.59 Å². The van der Waals surface area contributed by atoms with Crippen LogP contribution in [0.4, 0.5) is 4.39 Å². The van der Waals surface area contributed by atoms with Gasteiger partial charge in [0.15, 0.2) is 5.76 Å². The minimum atomic E-state index is -1.11. The molecular formula is C19H16BrFN2O3. The normalized spacial score (nSPS) is 12.2. The third-order valence-corrected chi connectivity index (χ3v) is 4.73. The van der Waals surface area contributed by atoms with E-state index < -0.39 is 23.7 Å². The second kappa shape index (κ2) is 6.92. The highest BCUT2D eigenvalue weighted by atomic mass is 79.9. The second-order valence-corrected chi connectivity index (χ2v) is 6.89. The van der Waals surface area contributed by atoms with Gasteiger partial charge in [-0.2, -0.15) is 0 Å². The zero-order valence-corrected chi connectivity index (χ0v) is 15.7. The molecule has 134 valence electrons. The quantitative estimate of drug-likeness (QED) is 0.696. The number of carbonyl (C=O) groups is 2. The van der Waals surface area contributed by atoms with Gasteiger partial charge in [0.2, 0.25) is 5.91 Å². The Hall–Kier alpha value is -2.67. The molecule has 7 heteroatoms. The molecule has 1 atom stereocenters. The van der Waals surface area contributed by atoms with Crippen molar-refractivity contribution in [2.75, 3.05) is 7.05 Å². The predicted molar refractivity (Wildman–Crippen MR) is 99.1 cm³/mol. The summed E-state index contributed by atoms with van der Waals surface area (Å²) in [4.78, 5) is 26.1. The highest BCUT2D eigenvalue weighted by molar-refractivity contribution is 9.10. The number of furan rings is 1. The topological polar surface area (TPSA) is 76.5 Å². The number of halogens is 2. The van der Waals surface area contributed by atoms with Crippen LogP contribution in [-0.2, 0) is 4.79 Å². The van der Waals surface area contributed by atoms with E-state index in [0.29, 0.717) is 16.7 Å². The van der Waals surface area contributed by atoms with Crippen LogP contribution in [0, 0.1) is 12.7 Å². The smallest absolute Gasteiger partial charge is 0.290 e. The molecule has 0 saturated carbocycles. The molecule has 0 saturated heterocycles. The molecule has 1 unspecified atom stereocenters. The average Bonchev–Trinajstić information content (AvgIpc) is 2.90. The van der Waals surface area contributed by atoms with Crippen molar-refractivity contribution >= 4 is 38.7 Å². The summed E-state index contributed by atoms with van der Waals surface area (Å²) >= 11 is 3.39. The van der Waals surface area contributed by atoms with Crippen LogP contribution in [0.3, 0.4) is 0 Å². The molecule has 0 aliphatic carbocycles. The number of primary amides is 1. The maximum Gasteiger partial charge on any atom is 0.290 e. The van der Waals surface area contributed by atoms with Crippen LogP contribution in [0.1, 0.15) is 27.7 Å². The Labute approximate surface area is 157 Å². The van der Waals surface area contributed by atoms with Crippen LogP contribution in [-0.4, -0.2) is 23.8 Å². The van der Waals surface area contributed by atoms with Gasteiger partial charge >= 0.3 is 0 Å². The zero-order valence-electron chi connectivity index (χ0n) is 14.1. The van der Waals surface area contributed by atoms with Gasteiger partial charge in [0, 0.05) is 22.5 Å². The summed E-state index contributed by atoms with van der Waals surface area (Å²) < 4.78 is 20.1. The van der Waals surface area contributed by atoms with Crippen LogP contribution in [0.5, 0.6) is 0 Å². The van der Waals surface area contributed by atoms with E-state index in [0.717, 1.165) is 14.8 Å². The minimum absolute atomic E-state index is 0.114. The number of amides is 2. The Bertz CT molecular complexity index is 1020. The van der Waals surface area contributed by atoms with Crippen LogP contribution in [0.15, 0.2) is 51.4 Å². The summed E-state index contributed by atoms with van der Waals surface area (Å²) in [7, 11) is 1.44. The van der Waals surface area contributed by atoms with Crippen molar-refractivity contribution in [3.8, 4) is 0 Å². The fraction of sp³-hybridized carbons (Fsp3) is 0.158. The molecule has 0 radical (unpaired) electrons. The van der Waals surface area contributed by atoms with Crippen LogP contribution in [0.2, 0.25) is 0 Å². The lowest BCUT2D eigenvalue weighted by molar-refractivity contribution is -0.122. The van der Waals surface area contributed by atoms with Gasteiger partial charge in [0.05, 0.1) is 0 Å². The Kier molecular flexibility index (Phi) is 4.82. The number of carbonyl (C=O) groups excluding carboxylic acids is 2. The van der Waals surface area contributed by atoms with E-state index in [1.54, 1.807) is 19.1 Å². The van der Waals surface area contributed by atoms with Gasteiger partial charge in [-0.1, -0.05) is 28.1 Å². The summed E-state index contributed by atoms with van der Waals surface area (Å²) in [6, 6.07) is 9.74. The molecule has 2 amide bonds. The first-order valence-electron chi connectivity index (χ1n) is 7.80. The molecular weight excluding hydrogens is 403 g/mol. The van der Waals surface area contributed by atoms with Crippen LogP contribution in [0.25, 0.3) is 11.0 Å². The molecule has 0 aliphatic heterocycles. The fourth-order valence-corrected chi connectivity index (χ4v) is 3.29. The summed E-state index contributed by atoms with van der Waals surface area (Å²) in [5, 5.41) is 0.789. The fourth-order valence-electron chi connectivity index (χ4n) is 2.93. The Morgan fingerprint density at radius 2 is 1.96 bits per heavy atom. The number of hydrogen-bond donors (Lipinski definition) is 1. The van der Waals surface area contributed by atoms with Gasteiger partial charge in [0.1, 0.15) is 17.4 Å². The summed E-state index contributed by atoms with van der Waals surface area (Å²) in [5.41, 5.74) is 6.99. The van der Waals surface area contributed by atoms with E-state index >= 15 is 0 Å². The number of aryl methyl sites for hydroxylation is 1. The molecule has 0 spiro atoms. The highest BCUT2D eigenvalue weighted by Gasteiger charge is 2.30. The van der Waals surface area contributed by atoms with Crippen molar-refractivity contribution in [1.82, 2.24) is 4.90 Å². The number of nitrogens with two attached hydrogens (primary N) is 1. The molecule has 1 aromatic heterocycles. The summed E-state index contributed by atoms with van der Waals surface area (Å²) in [6.45, 7) is 1.76. The molecule has 2 aromatic carbocycles. The third-order valence-electron chi connectivity index (χ3n) is 4.23. The van der Waals surface area contributed by atoms with E-state index in [4.69, 9.17) is 10.2 Å². The first-order chi connectivity index (χ1) is 12.3. The molecule has 26 heavy (non-hydrogen) atoms. The molecule has 1 heterocycles. The second-order valence-electron chi connectivity index (χ2n) is 5.97. The van der Waals surface area contributed by atoms with Crippen molar-refractivity contribution in [3.05, 3.63) is 69.6 Å². The SMILES string of the molecule is Cc1c(C(=O)N(C)C(C(N)=O)c2cccc(F)c2)oc2ccc(Br)cc12. The average molecular weight is 419 g/mol. The number of likely N-dealkylation sites (N-methyl/N-ethyl adjacent to an activating group) is 1. The summed E-state index contributed by atoms with van der Waals surface area (Å²) in [5.74, 6) is -1.67. The molecule has 0 fully saturated rings. The van der Waals surface area contributed by atoms with E-state index in [2.05, 4.69) is 15.9 Å². The largest absolute Gasteiger partial charge is 0.451 e. The molecule has 2 N–H and O–H groups in total. The highest BCUT2D eigenvalue weighted by Crippen LogP contribution is 2.30. The Balaban J connectivity index is 2.02. The molecule has 3 rings (SSSR count). The van der Waals surface area contributed by atoms with Gasteiger partial charge in [-0.05, 0) is 42.8 Å². The van der Waals surface area contributed by atoms with Crippen molar-refractivity contribution < 1.29 is 18.4 Å². The Morgan fingerprint density at radius 1 is 1.23 bits per heavy atom. The van der Waals surface area contributed by atoms with Crippen molar-refractivity contribution in [3.63, 3.8) is 0 Å². The maximum absolute atomic E-state index is 13.5. The monoisotopic (exact) mass is 418 g/mol. The van der Waals surface area contributed by atoms with Gasteiger partial charge in [-0.25, -0.2) is 4.39 Å². The lowest BCUT2D eigenvalue weighted by Gasteiger charge is -2.25. The van der Waals surface area contributed by atoms with E-state index in [1.807, 2.05) is 12.1 Å². The lowest BCUT2D eigenvalue weighted by Crippen LogP contribution is -2.39. The Morgan fingerprint density at radius 3 is 2.62 bits per heavy atom. The van der Waals surface area contributed by atoms with E-state index in [1.165, 1.54) is 25.2 Å². The maximum atomic E-state index is 13.5. The zero-order chi connectivity index (χ0) is 19.0. The van der Waals surface area contributed by atoms with Crippen molar-refractivity contribution in [2.45, 2.75) is 13.0 Å². The van der Waals surface area contributed by atoms with Crippen molar-refractivity contribution in [2.24, 2.45) is 5.73 Å². The van der Waals surface area contributed by atoms with Crippen LogP contribution >= 0.6 is 15.9 Å². The van der Waals surface area contributed by atoms with Gasteiger partial charge in [-0.15, -0.1) is 0 Å². The van der Waals surface area contributed by atoms with Crippen molar-refractivity contribution in [1.29, 1.82) is 0 Å². The molecule has 3 aromatic rings. The third kappa shape index (κ3) is 3.22. The van der Waals surface area contributed by atoms with Gasteiger partial charge in [0.25, 0.3) is 5.91 Å². The van der Waals surface area contributed by atoms with E-state index in [9.17, 15) is 14.0 Å². The number of hydrogen-bond acceptors (Lipinski definition) is 3. The lowest BCUT2D eigenvalue weighted by atomic mass is 10.0. The summed E-state index contributed by atoms with van der Waals surface area (Å²) in [6.07, 6.45) is 0. The number of nitrogens with zero attached hydrogens (tertiary/aromatic N) is 1. The first kappa shape index (κ1) is 18.1. The minimum Gasteiger partial charge on any atom is -0.451 e. The number of fused-ring (bicyclic) bond motifs is 1. The van der Waals surface area contributed by atoms with Gasteiger partial charge < -0.3 is 15.1 Å². The molecule has 0 bridgehead atoms. The first-order valence-corrected chi connectivity index (χ1v) is 8.59. The molecule has 0 aliphatic rings. The van der Waals surface area contributed by atoms with E-state index in [-0.39, 0.29) is 5.76 Å². The van der Waals surface area contributed by atoms with Crippen LogP contribution < -0.4 is 5.73 Å². The molecule has 5 nitrogen and oxygen atoms in total.